The summed E-state index contributed by atoms with van der Waals surface area (Å²) in [6, 6.07) is 8.49. The van der Waals surface area contributed by atoms with Crippen LogP contribution in [0.5, 0.6) is 5.75 Å². The number of rotatable bonds is 18. The normalized spacial score (nSPS) is 10.9. The molecule has 0 fully saturated rings. The molecule has 0 unspecified atom stereocenters. The number of carbonyl (C=O) groups excluding carboxylic acids is 2. The molecule has 2 aromatic carbocycles. The molecule has 0 atom stereocenters. The Balaban J connectivity index is 1.56. The van der Waals surface area contributed by atoms with E-state index >= 15 is 0 Å². The number of phenols is 1. The van der Waals surface area contributed by atoms with Gasteiger partial charge in [0.1, 0.15) is 5.75 Å². The number of phenolic OH excluding ortho intramolecular Hbond substituents is 1. The van der Waals surface area contributed by atoms with Crippen molar-refractivity contribution in [2.45, 2.75) is 77.6 Å². The fourth-order valence-electron chi connectivity index (χ4n) is 3.98. The van der Waals surface area contributed by atoms with Gasteiger partial charge in [-0.05, 0) is 25.0 Å². The monoisotopic (exact) mass is 456 g/mol. The second-order valence-electron chi connectivity index (χ2n) is 8.53. The van der Waals surface area contributed by atoms with Crippen LogP contribution >= 0.6 is 0 Å². The molecule has 2 amide bonds. The minimum Gasteiger partial charge on any atom is -0.506 e. The Morgan fingerprint density at radius 2 is 1.55 bits per heavy atom. The third-order valence-electron chi connectivity index (χ3n) is 5.89. The van der Waals surface area contributed by atoms with Crippen molar-refractivity contribution in [3.8, 4) is 5.75 Å². The van der Waals surface area contributed by atoms with Crippen molar-refractivity contribution in [1.29, 1.82) is 0 Å². The van der Waals surface area contributed by atoms with Crippen LogP contribution in [0, 0.1) is 0 Å². The van der Waals surface area contributed by atoms with E-state index in [2.05, 4.69) is 17.6 Å². The summed E-state index contributed by atoms with van der Waals surface area (Å²) in [6.07, 6.45) is 14.4. The van der Waals surface area contributed by atoms with Crippen LogP contribution in [0.4, 0.5) is 5.69 Å². The molecule has 0 spiro atoms. The van der Waals surface area contributed by atoms with E-state index in [0.717, 1.165) is 19.4 Å². The molecule has 0 aromatic heterocycles. The number of unbranched alkanes of at least 4 members (excludes halogenated alkanes) is 9. The van der Waals surface area contributed by atoms with E-state index in [0.29, 0.717) is 36.0 Å². The lowest BCUT2D eigenvalue weighted by Gasteiger charge is -2.11. The van der Waals surface area contributed by atoms with Gasteiger partial charge in [0, 0.05) is 36.2 Å². The van der Waals surface area contributed by atoms with E-state index < -0.39 is 0 Å². The van der Waals surface area contributed by atoms with E-state index in [-0.39, 0.29) is 17.2 Å². The van der Waals surface area contributed by atoms with Crippen molar-refractivity contribution >= 4 is 28.8 Å². The number of carbonyl (C=O) groups is 2. The summed E-state index contributed by atoms with van der Waals surface area (Å²) in [5.41, 5.74) is 0.807. The van der Waals surface area contributed by atoms with Gasteiger partial charge in [0.05, 0.1) is 5.56 Å². The number of anilines is 1. The second-order valence-corrected chi connectivity index (χ2v) is 8.53. The quantitative estimate of drug-likeness (QED) is 0.185. The summed E-state index contributed by atoms with van der Waals surface area (Å²) in [4.78, 5) is 23.2. The number of fused-ring (bicyclic) bond motifs is 1. The second kappa shape index (κ2) is 16.1. The Bertz CT molecular complexity index is 853. The van der Waals surface area contributed by atoms with Crippen LogP contribution in [0.1, 0.15) is 87.9 Å². The molecule has 2 aromatic rings. The standard InChI is InChI=1S/C27H40N2O4/c1-2-3-4-5-6-7-8-9-10-11-19-33-20-13-18-28-27(32)24-17-16-22-23(26(24)31)14-12-15-25(22)29-21-30/h12,14-17,21,31H,2-11,13,18-20H2,1H3,(H,28,32)(H,29,30). The first kappa shape index (κ1) is 26.7. The summed E-state index contributed by atoms with van der Waals surface area (Å²) < 4.78 is 5.67. The Labute approximate surface area is 198 Å². The topological polar surface area (TPSA) is 87.7 Å². The van der Waals surface area contributed by atoms with Crippen LogP contribution in [0.3, 0.4) is 0 Å². The number of hydrogen-bond acceptors (Lipinski definition) is 4. The van der Waals surface area contributed by atoms with Crippen LogP contribution in [0.2, 0.25) is 0 Å². The van der Waals surface area contributed by atoms with Crippen LogP contribution in [-0.4, -0.2) is 37.2 Å². The maximum Gasteiger partial charge on any atom is 0.255 e. The number of aromatic hydroxyl groups is 1. The summed E-state index contributed by atoms with van der Waals surface area (Å²) in [5.74, 6) is -0.408. The third kappa shape index (κ3) is 9.42. The number of hydrogen-bond donors (Lipinski definition) is 3. The van der Waals surface area contributed by atoms with E-state index in [1.54, 1.807) is 30.3 Å². The van der Waals surface area contributed by atoms with Gasteiger partial charge in [0.2, 0.25) is 6.41 Å². The highest BCUT2D eigenvalue weighted by molar-refractivity contribution is 6.07. The number of benzene rings is 2. The minimum atomic E-state index is -0.321. The van der Waals surface area contributed by atoms with Gasteiger partial charge in [-0.15, -0.1) is 0 Å². The molecule has 0 heterocycles. The molecule has 0 aliphatic rings. The van der Waals surface area contributed by atoms with E-state index in [9.17, 15) is 14.7 Å². The van der Waals surface area contributed by atoms with Gasteiger partial charge in [-0.2, -0.15) is 0 Å². The number of ether oxygens (including phenoxy) is 1. The zero-order chi connectivity index (χ0) is 23.7. The van der Waals surface area contributed by atoms with Gasteiger partial charge in [-0.25, -0.2) is 0 Å². The van der Waals surface area contributed by atoms with Gasteiger partial charge < -0.3 is 20.5 Å². The molecule has 0 saturated heterocycles. The highest BCUT2D eigenvalue weighted by Gasteiger charge is 2.14. The molecule has 182 valence electrons. The molecule has 3 N–H and O–H groups in total. The fourth-order valence-corrected chi connectivity index (χ4v) is 3.98. The molecule has 33 heavy (non-hydrogen) atoms. The molecular formula is C27H40N2O4. The molecule has 0 bridgehead atoms. The SMILES string of the molecule is CCCCCCCCCCCCOCCCNC(=O)c1ccc2c(NC=O)cccc2c1O. The fraction of sp³-hybridized carbons (Fsp3) is 0.556. The lowest BCUT2D eigenvalue weighted by molar-refractivity contribution is -0.105. The van der Waals surface area contributed by atoms with E-state index in [4.69, 9.17) is 4.74 Å². The first-order valence-electron chi connectivity index (χ1n) is 12.5. The van der Waals surface area contributed by atoms with Crippen LogP contribution < -0.4 is 10.6 Å². The number of amides is 2. The Morgan fingerprint density at radius 3 is 2.24 bits per heavy atom. The molecule has 6 nitrogen and oxygen atoms in total. The lowest BCUT2D eigenvalue weighted by atomic mass is 10.0. The first-order valence-corrected chi connectivity index (χ1v) is 12.5. The van der Waals surface area contributed by atoms with E-state index in [1.807, 2.05) is 0 Å². The molecule has 6 heteroatoms. The van der Waals surface area contributed by atoms with E-state index in [1.165, 1.54) is 57.8 Å². The largest absolute Gasteiger partial charge is 0.506 e. The Kier molecular flexibility index (Phi) is 13.0. The highest BCUT2D eigenvalue weighted by Crippen LogP contribution is 2.32. The molecule has 2 rings (SSSR count). The van der Waals surface area contributed by atoms with Crippen LogP contribution in [-0.2, 0) is 9.53 Å². The van der Waals surface area contributed by atoms with Crippen LogP contribution in [0.25, 0.3) is 10.8 Å². The van der Waals surface area contributed by atoms with Crippen molar-refractivity contribution < 1.29 is 19.4 Å². The maximum atomic E-state index is 12.5. The van der Waals surface area contributed by atoms with Gasteiger partial charge in [0.15, 0.2) is 0 Å². The third-order valence-corrected chi connectivity index (χ3v) is 5.89. The van der Waals surface area contributed by atoms with Crippen molar-refractivity contribution in [3.05, 3.63) is 35.9 Å². The van der Waals surface area contributed by atoms with Crippen molar-refractivity contribution in [2.75, 3.05) is 25.1 Å². The predicted molar refractivity (Wildman–Crippen MR) is 135 cm³/mol. The summed E-state index contributed by atoms with van der Waals surface area (Å²) >= 11 is 0. The van der Waals surface area contributed by atoms with Crippen molar-refractivity contribution in [3.63, 3.8) is 0 Å². The minimum absolute atomic E-state index is 0.0863. The molecule has 0 aliphatic heterocycles. The molecule has 0 aliphatic carbocycles. The lowest BCUT2D eigenvalue weighted by Crippen LogP contribution is -2.25. The van der Waals surface area contributed by atoms with Crippen molar-refractivity contribution in [1.82, 2.24) is 5.32 Å². The average molecular weight is 457 g/mol. The van der Waals surface area contributed by atoms with Gasteiger partial charge in [0.25, 0.3) is 5.91 Å². The maximum absolute atomic E-state index is 12.5. The number of nitrogens with one attached hydrogen (secondary N) is 2. The van der Waals surface area contributed by atoms with Gasteiger partial charge in [-0.1, -0.05) is 82.9 Å². The molecule has 0 saturated carbocycles. The average Bonchev–Trinajstić information content (AvgIpc) is 2.82. The Morgan fingerprint density at radius 1 is 0.879 bits per heavy atom. The first-order chi connectivity index (χ1) is 16.2. The Hall–Kier alpha value is -2.60. The summed E-state index contributed by atoms with van der Waals surface area (Å²) in [6.45, 7) is 4.12. The summed E-state index contributed by atoms with van der Waals surface area (Å²) in [7, 11) is 0. The smallest absolute Gasteiger partial charge is 0.255 e. The molecule has 0 radical (unpaired) electrons. The van der Waals surface area contributed by atoms with Gasteiger partial charge in [-0.3, -0.25) is 9.59 Å². The highest BCUT2D eigenvalue weighted by atomic mass is 16.5. The van der Waals surface area contributed by atoms with Crippen molar-refractivity contribution in [2.24, 2.45) is 0 Å². The zero-order valence-corrected chi connectivity index (χ0v) is 20.0. The summed E-state index contributed by atoms with van der Waals surface area (Å²) in [5, 5.41) is 17.2. The molecular weight excluding hydrogens is 416 g/mol. The van der Waals surface area contributed by atoms with Crippen LogP contribution in [0.15, 0.2) is 30.3 Å². The van der Waals surface area contributed by atoms with Gasteiger partial charge >= 0.3 is 0 Å². The zero-order valence-electron chi connectivity index (χ0n) is 20.0. The predicted octanol–water partition coefficient (Wildman–Crippen LogP) is 6.17.